The summed E-state index contributed by atoms with van der Waals surface area (Å²) in [4.78, 5) is 41.5. The molecule has 9 nitrogen and oxygen atoms in total. The van der Waals surface area contributed by atoms with Crippen molar-refractivity contribution in [1.82, 2.24) is 10.2 Å². The number of Topliss-reactive ketones (excluding diaryl/α,β-unsaturated/α-hetero) is 1. The number of ketones is 1. The predicted molar refractivity (Wildman–Crippen MR) is 131 cm³/mol. The maximum Gasteiger partial charge on any atom is 0.265 e. The average molecular weight is 502 g/mol. The van der Waals surface area contributed by atoms with Crippen LogP contribution < -0.4 is 19.7 Å². The van der Waals surface area contributed by atoms with Crippen molar-refractivity contribution in [2.45, 2.75) is 6.92 Å². The summed E-state index contributed by atoms with van der Waals surface area (Å²) in [6.45, 7) is 5.59. The van der Waals surface area contributed by atoms with Crippen molar-refractivity contribution in [2.75, 3.05) is 64.1 Å². The highest BCUT2D eigenvalue weighted by Gasteiger charge is 2.28. The molecule has 0 spiro atoms. The van der Waals surface area contributed by atoms with Crippen molar-refractivity contribution in [3.63, 3.8) is 0 Å². The molecule has 1 fully saturated rings. The van der Waals surface area contributed by atoms with Gasteiger partial charge in [0.2, 0.25) is 5.91 Å². The van der Waals surface area contributed by atoms with E-state index in [1.807, 2.05) is 13.0 Å². The van der Waals surface area contributed by atoms with Gasteiger partial charge in [0.1, 0.15) is 18.0 Å². The van der Waals surface area contributed by atoms with Crippen LogP contribution in [0.4, 0.5) is 5.69 Å². The lowest BCUT2D eigenvalue weighted by Crippen LogP contribution is -2.47. The van der Waals surface area contributed by atoms with Crippen molar-refractivity contribution < 1.29 is 28.6 Å². The molecule has 10 heteroatoms. The lowest BCUT2D eigenvalue weighted by molar-refractivity contribution is -0.125. The van der Waals surface area contributed by atoms with Gasteiger partial charge < -0.3 is 19.5 Å². The average Bonchev–Trinajstić information content (AvgIpc) is 2.86. The van der Waals surface area contributed by atoms with E-state index in [4.69, 9.17) is 25.8 Å². The summed E-state index contributed by atoms with van der Waals surface area (Å²) in [6, 6.07) is 10.1. The number of aryl methyl sites for hydroxylation is 1. The first-order valence-electron chi connectivity index (χ1n) is 11.5. The molecule has 0 atom stereocenters. The minimum absolute atomic E-state index is 0.161. The zero-order valence-electron chi connectivity index (χ0n) is 19.5. The Morgan fingerprint density at radius 3 is 2.74 bits per heavy atom. The van der Waals surface area contributed by atoms with Crippen LogP contribution in [-0.2, 0) is 14.3 Å². The number of halogens is 1. The molecule has 2 amide bonds. The van der Waals surface area contributed by atoms with Gasteiger partial charge in [-0.05, 0) is 42.8 Å². The van der Waals surface area contributed by atoms with E-state index in [-0.39, 0.29) is 37.4 Å². The molecule has 0 aromatic heterocycles. The van der Waals surface area contributed by atoms with E-state index in [0.29, 0.717) is 54.1 Å². The zero-order valence-corrected chi connectivity index (χ0v) is 20.3. The quantitative estimate of drug-likeness (QED) is 0.525. The SMILES string of the molecule is Cc1ccc(Cl)c(OCC(=O)c2ccc3c(c2)N(CC(=O)NCCN2CCOCC2)C(=O)CO3)c1. The maximum atomic E-state index is 12.8. The Morgan fingerprint density at radius 2 is 1.94 bits per heavy atom. The Hall–Kier alpha value is -3.14. The molecule has 0 aliphatic carbocycles. The fourth-order valence-corrected chi connectivity index (χ4v) is 4.05. The number of amides is 2. The number of carbonyl (C=O) groups is 3. The first-order chi connectivity index (χ1) is 16.9. The van der Waals surface area contributed by atoms with Gasteiger partial charge in [-0.25, -0.2) is 0 Å². The van der Waals surface area contributed by atoms with E-state index in [2.05, 4.69) is 10.2 Å². The van der Waals surface area contributed by atoms with Crippen LogP contribution in [0.15, 0.2) is 36.4 Å². The Morgan fingerprint density at radius 1 is 1.14 bits per heavy atom. The van der Waals surface area contributed by atoms with E-state index in [9.17, 15) is 14.4 Å². The molecule has 0 bridgehead atoms. The van der Waals surface area contributed by atoms with E-state index in [0.717, 1.165) is 18.7 Å². The monoisotopic (exact) mass is 501 g/mol. The number of ether oxygens (including phenoxy) is 3. The third-order valence-electron chi connectivity index (χ3n) is 5.83. The number of fused-ring (bicyclic) bond motifs is 1. The Bertz CT molecular complexity index is 1100. The number of rotatable bonds is 9. The molecule has 1 saturated heterocycles. The van der Waals surface area contributed by atoms with Crippen molar-refractivity contribution in [2.24, 2.45) is 0 Å². The summed E-state index contributed by atoms with van der Waals surface area (Å²) < 4.78 is 16.4. The largest absolute Gasteiger partial charge is 0.484 e. The number of hydrogen-bond donors (Lipinski definition) is 1. The van der Waals surface area contributed by atoms with Crippen molar-refractivity contribution in [1.29, 1.82) is 0 Å². The summed E-state index contributed by atoms with van der Waals surface area (Å²) in [6.07, 6.45) is 0. The number of carbonyl (C=O) groups excluding carboxylic acids is 3. The van der Waals surface area contributed by atoms with Gasteiger partial charge in [-0.15, -0.1) is 0 Å². The summed E-state index contributed by atoms with van der Waals surface area (Å²) in [5, 5.41) is 3.27. The third kappa shape index (κ3) is 6.50. The van der Waals surface area contributed by atoms with E-state index in [1.54, 1.807) is 30.3 Å². The summed E-state index contributed by atoms with van der Waals surface area (Å²) in [7, 11) is 0. The van der Waals surface area contributed by atoms with Gasteiger partial charge in [0.15, 0.2) is 19.0 Å². The van der Waals surface area contributed by atoms with Gasteiger partial charge in [0.05, 0.1) is 23.9 Å². The highest BCUT2D eigenvalue weighted by atomic mass is 35.5. The number of benzene rings is 2. The number of anilines is 1. The van der Waals surface area contributed by atoms with Crippen molar-refractivity contribution in [3.05, 3.63) is 52.5 Å². The summed E-state index contributed by atoms with van der Waals surface area (Å²) in [5.41, 5.74) is 1.67. The fraction of sp³-hybridized carbons (Fsp3) is 0.400. The normalized spacial score (nSPS) is 15.8. The molecule has 2 aliphatic heterocycles. The molecule has 2 aromatic carbocycles. The minimum Gasteiger partial charge on any atom is -0.484 e. The van der Waals surface area contributed by atoms with Gasteiger partial charge in [-0.1, -0.05) is 17.7 Å². The molecule has 35 heavy (non-hydrogen) atoms. The second kappa shape index (κ2) is 11.5. The van der Waals surface area contributed by atoms with Crippen LogP contribution in [0.25, 0.3) is 0 Å². The predicted octanol–water partition coefficient (Wildman–Crippen LogP) is 2.08. The van der Waals surface area contributed by atoms with E-state index >= 15 is 0 Å². The van der Waals surface area contributed by atoms with Gasteiger partial charge in [-0.3, -0.25) is 24.2 Å². The molecule has 2 aliphatic rings. The molecular formula is C25H28ClN3O6. The van der Waals surface area contributed by atoms with Crippen LogP contribution in [0, 0.1) is 6.92 Å². The topological polar surface area (TPSA) is 97.4 Å². The van der Waals surface area contributed by atoms with Gasteiger partial charge >= 0.3 is 0 Å². The molecule has 186 valence electrons. The smallest absolute Gasteiger partial charge is 0.265 e. The van der Waals surface area contributed by atoms with Crippen LogP contribution in [0.2, 0.25) is 5.02 Å². The minimum atomic E-state index is -0.353. The maximum absolute atomic E-state index is 12.8. The van der Waals surface area contributed by atoms with Crippen LogP contribution in [0.1, 0.15) is 15.9 Å². The highest BCUT2D eigenvalue weighted by molar-refractivity contribution is 6.32. The number of morpholine rings is 1. The first kappa shape index (κ1) is 25.0. The number of hydrogen-bond acceptors (Lipinski definition) is 7. The second-order valence-corrected chi connectivity index (χ2v) is 8.81. The van der Waals surface area contributed by atoms with Crippen molar-refractivity contribution in [3.8, 4) is 11.5 Å². The molecule has 2 aromatic rings. The molecule has 2 heterocycles. The van der Waals surface area contributed by atoms with E-state index in [1.165, 1.54) is 4.90 Å². The van der Waals surface area contributed by atoms with Gasteiger partial charge in [0.25, 0.3) is 5.91 Å². The van der Waals surface area contributed by atoms with Crippen LogP contribution in [0.3, 0.4) is 0 Å². The lowest BCUT2D eigenvalue weighted by Gasteiger charge is -2.29. The van der Waals surface area contributed by atoms with Gasteiger partial charge in [-0.2, -0.15) is 0 Å². The van der Waals surface area contributed by atoms with Crippen LogP contribution >= 0.6 is 11.6 Å². The summed E-state index contributed by atoms with van der Waals surface area (Å²) in [5.74, 6) is -0.0723. The Labute approximate surface area is 208 Å². The number of nitrogens with one attached hydrogen (secondary N) is 1. The Kier molecular flexibility index (Phi) is 8.22. The molecule has 1 N–H and O–H groups in total. The zero-order chi connectivity index (χ0) is 24.8. The Balaban J connectivity index is 1.38. The van der Waals surface area contributed by atoms with Crippen LogP contribution in [0.5, 0.6) is 11.5 Å². The molecule has 0 radical (unpaired) electrons. The molecule has 0 unspecified atom stereocenters. The number of nitrogens with zero attached hydrogens (tertiary/aromatic N) is 2. The first-order valence-corrected chi connectivity index (χ1v) is 11.8. The summed E-state index contributed by atoms with van der Waals surface area (Å²) >= 11 is 6.14. The van der Waals surface area contributed by atoms with Crippen LogP contribution in [-0.4, -0.2) is 81.6 Å². The molecular weight excluding hydrogens is 474 g/mol. The second-order valence-electron chi connectivity index (χ2n) is 8.40. The highest BCUT2D eigenvalue weighted by Crippen LogP contribution is 2.33. The molecule has 0 saturated carbocycles. The third-order valence-corrected chi connectivity index (χ3v) is 6.14. The van der Waals surface area contributed by atoms with Gasteiger partial charge in [0, 0.05) is 31.7 Å². The fourth-order valence-electron chi connectivity index (χ4n) is 3.87. The van der Waals surface area contributed by atoms with E-state index < -0.39 is 0 Å². The van der Waals surface area contributed by atoms with Crippen molar-refractivity contribution >= 4 is 34.9 Å². The standard InChI is InChI=1S/C25H28ClN3O6/c1-17-2-4-19(26)23(12-17)34-15-21(30)18-3-5-22-20(13-18)29(25(32)16-35-22)14-24(31)27-6-7-28-8-10-33-11-9-28/h2-5,12-13H,6-11,14-16H2,1H3,(H,27,31). The molecule has 4 rings (SSSR count). The lowest BCUT2D eigenvalue weighted by atomic mass is 10.1.